The van der Waals surface area contributed by atoms with E-state index in [-0.39, 0.29) is 12.1 Å². The molecule has 0 saturated carbocycles. The third kappa shape index (κ3) is 3.86. The SMILES string of the molecule is O=C(NCc1ccccc1)NCC1Cc2ccccc2CO1. The molecule has 2 aromatic rings. The number of hydrogen-bond acceptors (Lipinski definition) is 2. The molecule has 0 bridgehead atoms. The number of ether oxygens (including phenoxy) is 1. The van der Waals surface area contributed by atoms with Crippen LogP contribution in [0.4, 0.5) is 4.79 Å². The van der Waals surface area contributed by atoms with E-state index in [1.807, 2.05) is 42.5 Å². The first-order valence-corrected chi connectivity index (χ1v) is 7.55. The first kappa shape index (κ1) is 14.6. The Kier molecular flexibility index (Phi) is 4.71. The summed E-state index contributed by atoms with van der Waals surface area (Å²) in [6, 6.07) is 18.0. The average Bonchev–Trinajstić information content (AvgIpc) is 2.59. The molecular formula is C18H20N2O2. The molecule has 4 nitrogen and oxygen atoms in total. The topological polar surface area (TPSA) is 50.4 Å². The van der Waals surface area contributed by atoms with Crippen molar-refractivity contribution >= 4 is 6.03 Å². The van der Waals surface area contributed by atoms with Crippen molar-refractivity contribution in [1.82, 2.24) is 10.6 Å². The van der Waals surface area contributed by atoms with Gasteiger partial charge in [0.1, 0.15) is 0 Å². The molecule has 1 unspecified atom stereocenters. The first-order valence-electron chi connectivity index (χ1n) is 7.55. The Hall–Kier alpha value is -2.33. The van der Waals surface area contributed by atoms with Crippen LogP contribution in [0.1, 0.15) is 16.7 Å². The van der Waals surface area contributed by atoms with Crippen molar-refractivity contribution in [2.24, 2.45) is 0 Å². The molecule has 2 aromatic carbocycles. The van der Waals surface area contributed by atoms with Crippen molar-refractivity contribution in [2.75, 3.05) is 6.54 Å². The number of urea groups is 1. The minimum absolute atomic E-state index is 0.0392. The first-order chi connectivity index (χ1) is 10.8. The summed E-state index contributed by atoms with van der Waals surface area (Å²) in [5.41, 5.74) is 3.64. The normalized spacial score (nSPS) is 16.6. The highest BCUT2D eigenvalue weighted by Gasteiger charge is 2.19. The van der Waals surface area contributed by atoms with Gasteiger partial charge in [-0.25, -0.2) is 4.79 Å². The van der Waals surface area contributed by atoms with Crippen molar-refractivity contribution in [3.8, 4) is 0 Å². The summed E-state index contributed by atoms with van der Waals surface area (Å²) in [6.45, 7) is 1.67. The zero-order valence-corrected chi connectivity index (χ0v) is 12.4. The van der Waals surface area contributed by atoms with Crippen molar-refractivity contribution in [3.63, 3.8) is 0 Å². The van der Waals surface area contributed by atoms with Crippen LogP contribution < -0.4 is 10.6 Å². The van der Waals surface area contributed by atoms with Crippen LogP contribution in [-0.4, -0.2) is 18.7 Å². The van der Waals surface area contributed by atoms with E-state index >= 15 is 0 Å². The number of rotatable bonds is 4. The standard InChI is InChI=1S/C18H20N2O2/c21-18(19-11-14-6-2-1-3-7-14)20-12-17-10-15-8-4-5-9-16(15)13-22-17/h1-9,17H,10-13H2,(H2,19,20,21). The van der Waals surface area contributed by atoms with E-state index in [4.69, 9.17) is 4.74 Å². The lowest BCUT2D eigenvalue weighted by atomic mass is 9.99. The molecule has 0 aromatic heterocycles. The molecule has 114 valence electrons. The highest BCUT2D eigenvalue weighted by atomic mass is 16.5. The number of hydrogen-bond donors (Lipinski definition) is 2. The lowest BCUT2D eigenvalue weighted by Gasteiger charge is -2.25. The fraction of sp³-hybridized carbons (Fsp3) is 0.278. The van der Waals surface area contributed by atoms with E-state index in [1.54, 1.807) is 0 Å². The molecule has 3 rings (SSSR count). The molecule has 2 amide bonds. The predicted octanol–water partition coefficient (Wildman–Crippen LogP) is 2.63. The zero-order valence-electron chi connectivity index (χ0n) is 12.4. The quantitative estimate of drug-likeness (QED) is 0.911. The predicted molar refractivity (Wildman–Crippen MR) is 85.4 cm³/mol. The van der Waals surface area contributed by atoms with E-state index in [1.165, 1.54) is 11.1 Å². The van der Waals surface area contributed by atoms with Gasteiger partial charge in [0.25, 0.3) is 0 Å². The van der Waals surface area contributed by atoms with E-state index in [9.17, 15) is 4.79 Å². The minimum atomic E-state index is -0.161. The van der Waals surface area contributed by atoms with Crippen molar-refractivity contribution < 1.29 is 9.53 Å². The Balaban J connectivity index is 1.42. The maximum Gasteiger partial charge on any atom is 0.315 e. The number of nitrogens with one attached hydrogen (secondary N) is 2. The van der Waals surface area contributed by atoms with Crippen LogP contribution in [0.2, 0.25) is 0 Å². The largest absolute Gasteiger partial charge is 0.371 e. The Morgan fingerprint density at radius 2 is 1.73 bits per heavy atom. The summed E-state index contributed by atoms with van der Waals surface area (Å²) in [5, 5.41) is 5.73. The van der Waals surface area contributed by atoms with Gasteiger partial charge in [0.05, 0.1) is 12.7 Å². The molecule has 2 N–H and O–H groups in total. The molecule has 1 heterocycles. The van der Waals surface area contributed by atoms with E-state index in [0.717, 1.165) is 12.0 Å². The van der Waals surface area contributed by atoms with Gasteiger partial charge in [0, 0.05) is 19.5 Å². The summed E-state index contributed by atoms with van der Waals surface area (Å²) in [4.78, 5) is 11.8. The molecule has 22 heavy (non-hydrogen) atoms. The maximum absolute atomic E-state index is 11.8. The second kappa shape index (κ2) is 7.09. The molecule has 0 saturated heterocycles. The van der Waals surface area contributed by atoms with Gasteiger partial charge < -0.3 is 15.4 Å². The van der Waals surface area contributed by atoms with Crippen LogP contribution >= 0.6 is 0 Å². The number of amides is 2. The summed E-state index contributed by atoms with van der Waals surface area (Å²) >= 11 is 0. The van der Waals surface area contributed by atoms with Crippen LogP contribution in [-0.2, 0) is 24.3 Å². The number of carbonyl (C=O) groups excluding carboxylic acids is 1. The molecule has 0 spiro atoms. The lowest BCUT2D eigenvalue weighted by Crippen LogP contribution is -2.41. The Labute approximate surface area is 130 Å². The summed E-state index contributed by atoms with van der Waals surface area (Å²) in [5.74, 6) is 0. The van der Waals surface area contributed by atoms with E-state index in [0.29, 0.717) is 19.7 Å². The number of carbonyl (C=O) groups is 1. The molecular weight excluding hydrogens is 276 g/mol. The smallest absolute Gasteiger partial charge is 0.315 e. The van der Waals surface area contributed by atoms with Gasteiger partial charge in [0.15, 0.2) is 0 Å². The van der Waals surface area contributed by atoms with Crippen LogP contribution in [0.25, 0.3) is 0 Å². The fourth-order valence-corrected chi connectivity index (χ4v) is 2.59. The summed E-state index contributed by atoms with van der Waals surface area (Å²) in [6.07, 6.45) is 0.882. The van der Waals surface area contributed by atoms with Gasteiger partial charge in [-0.2, -0.15) is 0 Å². The Morgan fingerprint density at radius 1 is 1.00 bits per heavy atom. The summed E-state index contributed by atoms with van der Waals surface area (Å²) in [7, 11) is 0. The lowest BCUT2D eigenvalue weighted by molar-refractivity contribution is 0.0305. The number of fused-ring (bicyclic) bond motifs is 1. The summed E-state index contributed by atoms with van der Waals surface area (Å²) < 4.78 is 5.78. The molecule has 0 aliphatic carbocycles. The highest BCUT2D eigenvalue weighted by molar-refractivity contribution is 5.73. The van der Waals surface area contributed by atoms with Gasteiger partial charge in [-0.3, -0.25) is 0 Å². The molecule has 1 atom stereocenters. The highest BCUT2D eigenvalue weighted by Crippen LogP contribution is 2.19. The zero-order chi connectivity index (χ0) is 15.2. The van der Waals surface area contributed by atoms with Crippen LogP contribution in [0.5, 0.6) is 0 Å². The monoisotopic (exact) mass is 296 g/mol. The van der Waals surface area contributed by atoms with Gasteiger partial charge in [0.2, 0.25) is 0 Å². The van der Waals surface area contributed by atoms with Crippen molar-refractivity contribution in [2.45, 2.75) is 25.7 Å². The van der Waals surface area contributed by atoms with Gasteiger partial charge in [-0.05, 0) is 16.7 Å². The van der Waals surface area contributed by atoms with E-state index in [2.05, 4.69) is 22.8 Å². The van der Waals surface area contributed by atoms with Crippen LogP contribution in [0.3, 0.4) is 0 Å². The van der Waals surface area contributed by atoms with Gasteiger partial charge in [-0.15, -0.1) is 0 Å². The minimum Gasteiger partial charge on any atom is -0.371 e. The third-order valence-corrected chi connectivity index (χ3v) is 3.83. The molecule has 1 aliphatic heterocycles. The second-order valence-corrected chi connectivity index (χ2v) is 5.46. The van der Waals surface area contributed by atoms with Gasteiger partial charge in [-0.1, -0.05) is 54.6 Å². The molecule has 1 aliphatic rings. The maximum atomic E-state index is 11.8. The average molecular weight is 296 g/mol. The van der Waals surface area contributed by atoms with E-state index < -0.39 is 0 Å². The van der Waals surface area contributed by atoms with Crippen LogP contribution in [0.15, 0.2) is 54.6 Å². The second-order valence-electron chi connectivity index (χ2n) is 5.46. The van der Waals surface area contributed by atoms with Crippen molar-refractivity contribution in [3.05, 3.63) is 71.3 Å². The number of benzene rings is 2. The van der Waals surface area contributed by atoms with Crippen LogP contribution in [0, 0.1) is 0 Å². The molecule has 0 radical (unpaired) electrons. The Morgan fingerprint density at radius 3 is 2.55 bits per heavy atom. The molecule has 0 fully saturated rings. The third-order valence-electron chi connectivity index (χ3n) is 3.83. The molecule has 4 heteroatoms. The Bertz CT molecular complexity index is 628. The van der Waals surface area contributed by atoms with Crippen molar-refractivity contribution in [1.29, 1.82) is 0 Å². The fourth-order valence-electron chi connectivity index (χ4n) is 2.59. The van der Waals surface area contributed by atoms with Gasteiger partial charge >= 0.3 is 6.03 Å².